The molecule has 5 nitrogen and oxygen atoms in total. The molecule has 0 spiro atoms. The number of anilines is 1. The molecule has 1 aromatic carbocycles. The number of rotatable bonds is 6. The monoisotopic (exact) mass is 262 g/mol. The van der Waals surface area contributed by atoms with E-state index < -0.39 is 0 Å². The number of aromatic amines is 1. The molecule has 2 N–H and O–H groups in total. The van der Waals surface area contributed by atoms with Crippen LogP contribution in [-0.4, -0.2) is 43.5 Å². The SMILES string of the molecule is COCCN(CCO)c1cc2ccccc2c(=O)[nH]1. The number of nitrogens with one attached hydrogen (secondary N) is 1. The molecule has 0 aliphatic heterocycles. The van der Waals surface area contributed by atoms with Crippen LogP contribution in [0.4, 0.5) is 5.82 Å². The van der Waals surface area contributed by atoms with E-state index in [0.717, 1.165) is 5.39 Å². The van der Waals surface area contributed by atoms with Crippen LogP contribution in [0.5, 0.6) is 0 Å². The number of fused-ring (bicyclic) bond motifs is 1. The summed E-state index contributed by atoms with van der Waals surface area (Å²) < 4.78 is 5.04. The van der Waals surface area contributed by atoms with Crippen molar-refractivity contribution >= 4 is 16.6 Å². The number of methoxy groups -OCH3 is 1. The number of hydrogen-bond acceptors (Lipinski definition) is 4. The van der Waals surface area contributed by atoms with E-state index >= 15 is 0 Å². The molecule has 2 aromatic rings. The van der Waals surface area contributed by atoms with Crippen molar-refractivity contribution in [1.82, 2.24) is 4.98 Å². The lowest BCUT2D eigenvalue weighted by Gasteiger charge is -2.23. The summed E-state index contributed by atoms with van der Waals surface area (Å²) in [5, 5.41) is 10.7. The molecular weight excluding hydrogens is 244 g/mol. The Kier molecular flexibility index (Phi) is 4.54. The van der Waals surface area contributed by atoms with Gasteiger partial charge in [-0.15, -0.1) is 0 Å². The molecule has 0 saturated carbocycles. The highest BCUT2D eigenvalue weighted by molar-refractivity contribution is 5.83. The second-order valence-corrected chi connectivity index (χ2v) is 4.27. The van der Waals surface area contributed by atoms with Crippen LogP contribution in [0.15, 0.2) is 35.1 Å². The highest BCUT2D eigenvalue weighted by Crippen LogP contribution is 2.15. The number of nitrogens with zero attached hydrogens (tertiary/aromatic N) is 1. The van der Waals surface area contributed by atoms with Gasteiger partial charge in [0.2, 0.25) is 0 Å². The summed E-state index contributed by atoms with van der Waals surface area (Å²) in [4.78, 5) is 16.8. The zero-order valence-electron chi connectivity index (χ0n) is 10.9. The second-order valence-electron chi connectivity index (χ2n) is 4.27. The first-order valence-corrected chi connectivity index (χ1v) is 6.23. The van der Waals surface area contributed by atoms with E-state index in [1.807, 2.05) is 29.2 Å². The Morgan fingerprint density at radius 1 is 1.32 bits per heavy atom. The number of hydrogen-bond donors (Lipinski definition) is 2. The first-order chi connectivity index (χ1) is 9.26. The quantitative estimate of drug-likeness (QED) is 0.814. The van der Waals surface area contributed by atoms with Crippen molar-refractivity contribution in [2.45, 2.75) is 0 Å². The van der Waals surface area contributed by atoms with Gasteiger partial charge in [0.25, 0.3) is 5.56 Å². The number of H-pyrrole nitrogens is 1. The molecule has 0 amide bonds. The smallest absolute Gasteiger partial charge is 0.257 e. The summed E-state index contributed by atoms with van der Waals surface area (Å²) in [7, 11) is 1.63. The zero-order chi connectivity index (χ0) is 13.7. The molecule has 0 aliphatic rings. The van der Waals surface area contributed by atoms with E-state index in [2.05, 4.69) is 4.98 Å². The number of aliphatic hydroxyl groups is 1. The number of ether oxygens (including phenoxy) is 1. The molecule has 1 heterocycles. The summed E-state index contributed by atoms with van der Waals surface area (Å²) in [5.74, 6) is 0.704. The van der Waals surface area contributed by atoms with Gasteiger partial charge in [-0.3, -0.25) is 4.79 Å². The van der Waals surface area contributed by atoms with Crippen LogP contribution < -0.4 is 10.5 Å². The largest absolute Gasteiger partial charge is 0.395 e. The first-order valence-electron chi connectivity index (χ1n) is 6.23. The molecule has 0 atom stereocenters. The third kappa shape index (κ3) is 3.13. The molecule has 0 saturated heterocycles. The molecule has 0 unspecified atom stereocenters. The Morgan fingerprint density at radius 2 is 2.11 bits per heavy atom. The lowest BCUT2D eigenvalue weighted by Crippen LogP contribution is -2.32. The van der Waals surface area contributed by atoms with E-state index in [1.54, 1.807) is 13.2 Å². The van der Waals surface area contributed by atoms with Crippen LogP contribution in [-0.2, 0) is 4.74 Å². The van der Waals surface area contributed by atoms with E-state index in [0.29, 0.717) is 30.9 Å². The fourth-order valence-electron chi connectivity index (χ4n) is 2.04. The maximum absolute atomic E-state index is 12.0. The van der Waals surface area contributed by atoms with Gasteiger partial charge in [0.15, 0.2) is 0 Å². The molecule has 5 heteroatoms. The van der Waals surface area contributed by atoms with Crippen molar-refractivity contribution in [3.8, 4) is 0 Å². The molecule has 2 rings (SSSR count). The van der Waals surface area contributed by atoms with Crippen LogP contribution in [0.25, 0.3) is 10.8 Å². The van der Waals surface area contributed by atoms with E-state index in [9.17, 15) is 4.79 Å². The Labute approximate surface area is 111 Å². The van der Waals surface area contributed by atoms with Gasteiger partial charge >= 0.3 is 0 Å². The molecule has 102 valence electrons. The molecule has 0 aliphatic carbocycles. The van der Waals surface area contributed by atoms with Gasteiger partial charge in [-0.2, -0.15) is 0 Å². The molecule has 0 radical (unpaired) electrons. The number of aromatic nitrogens is 1. The summed E-state index contributed by atoms with van der Waals surface area (Å²) >= 11 is 0. The van der Waals surface area contributed by atoms with Gasteiger partial charge in [0, 0.05) is 25.6 Å². The molecule has 0 bridgehead atoms. The summed E-state index contributed by atoms with van der Waals surface area (Å²) in [6.07, 6.45) is 0. The van der Waals surface area contributed by atoms with Gasteiger partial charge in [-0.1, -0.05) is 18.2 Å². The number of benzene rings is 1. The van der Waals surface area contributed by atoms with Crippen molar-refractivity contribution in [2.75, 3.05) is 38.3 Å². The van der Waals surface area contributed by atoms with Gasteiger partial charge in [0.05, 0.1) is 13.2 Å². The van der Waals surface area contributed by atoms with Crippen LogP contribution in [0.3, 0.4) is 0 Å². The summed E-state index contributed by atoms with van der Waals surface area (Å²) in [6.45, 7) is 1.64. The van der Waals surface area contributed by atoms with Crippen LogP contribution in [0.1, 0.15) is 0 Å². The lowest BCUT2D eigenvalue weighted by molar-refractivity contribution is 0.202. The Morgan fingerprint density at radius 3 is 2.84 bits per heavy atom. The Hall–Kier alpha value is -1.85. The minimum Gasteiger partial charge on any atom is -0.395 e. The van der Waals surface area contributed by atoms with Crippen LogP contribution in [0.2, 0.25) is 0 Å². The third-order valence-electron chi connectivity index (χ3n) is 3.02. The maximum atomic E-state index is 12.0. The van der Waals surface area contributed by atoms with Crippen molar-refractivity contribution in [2.24, 2.45) is 0 Å². The molecule has 0 fully saturated rings. The zero-order valence-corrected chi connectivity index (χ0v) is 10.9. The van der Waals surface area contributed by atoms with Crippen molar-refractivity contribution < 1.29 is 9.84 Å². The van der Waals surface area contributed by atoms with Crippen molar-refractivity contribution in [3.63, 3.8) is 0 Å². The van der Waals surface area contributed by atoms with Crippen LogP contribution >= 0.6 is 0 Å². The van der Waals surface area contributed by atoms with Crippen molar-refractivity contribution in [1.29, 1.82) is 0 Å². The normalized spacial score (nSPS) is 10.8. The molecule has 1 aromatic heterocycles. The highest BCUT2D eigenvalue weighted by atomic mass is 16.5. The van der Waals surface area contributed by atoms with Crippen molar-refractivity contribution in [3.05, 3.63) is 40.7 Å². The van der Waals surface area contributed by atoms with Crippen LogP contribution in [0, 0.1) is 0 Å². The lowest BCUT2D eigenvalue weighted by atomic mass is 10.2. The standard InChI is InChI=1S/C14H18N2O3/c1-19-9-7-16(6-8-17)13-10-11-4-2-3-5-12(11)14(18)15-13/h2-5,10,17H,6-9H2,1H3,(H,15,18). The predicted molar refractivity (Wildman–Crippen MR) is 75.7 cm³/mol. The minimum atomic E-state index is -0.117. The van der Waals surface area contributed by atoms with E-state index in [1.165, 1.54) is 0 Å². The molecular formula is C14H18N2O3. The highest BCUT2D eigenvalue weighted by Gasteiger charge is 2.09. The summed E-state index contributed by atoms with van der Waals surface area (Å²) in [6, 6.07) is 9.36. The Bertz CT molecular complexity index is 595. The van der Waals surface area contributed by atoms with Gasteiger partial charge in [-0.25, -0.2) is 0 Å². The first kappa shape index (κ1) is 13.6. The van der Waals surface area contributed by atoms with Gasteiger partial charge in [0.1, 0.15) is 5.82 Å². The number of aliphatic hydroxyl groups excluding tert-OH is 1. The Balaban J connectivity index is 2.39. The fraction of sp³-hybridized carbons (Fsp3) is 0.357. The average Bonchev–Trinajstić information content (AvgIpc) is 2.43. The van der Waals surface area contributed by atoms with E-state index in [-0.39, 0.29) is 12.2 Å². The number of pyridine rings is 1. The molecule has 19 heavy (non-hydrogen) atoms. The maximum Gasteiger partial charge on any atom is 0.257 e. The topological polar surface area (TPSA) is 65.6 Å². The summed E-state index contributed by atoms with van der Waals surface area (Å²) in [5.41, 5.74) is -0.117. The second kappa shape index (κ2) is 6.36. The fourth-order valence-corrected chi connectivity index (χ4v) is 2.04. The van der Waals surface area contributed by atoms with E-state index in [4.69, 9.17) is 9.84 Å². The average molecular weight is 262 g/mol. The van der Waals surface area contributed by atoms with Gasteiger partial charge < -0.3 is 19.7 Å². The van der Waals surface area contributed by atoms with Gasteiger partial charge in [-0.05, 0) is 17.5 Å². The minimum absolute atomic E-state index is 0.0264. The predicted octanol–water partition coefficient (Wildman–Crippen LogP) is 0.973. The third-order valence-corrected chi connectivity index (χ3v) is 3.02.